The minimum absolute atomic E-state index is 0.117. The summed E-state index contributed by atoms with van der Waals surface area (Å²) in [6, 6.07) is 12.8. The fourth-order valence-electron chi connectivity index (χ4n) is 5.01. The van der Waals surface area contributed by atoms with Crippen molar-refractivity contribution in [3.05, 3.63) is 78.0 Å². The lowest BCUT2D eigenvalue weighted by Crippen LogP contribution is -2.56. The summed E-state index contributed by atoms with van der Waals surface area (Å²) in [6.45, 7) is 7.97. The van der Waals surface area contributed by atoms with Crippen molar-refractivity contribution in [3.63, 3.8) is 0 Å². The van der Waals surface area contributed by atoms with Crippen molar-refractivity contribution < 1.29 is 13.7 Å². The molecule has 0 radical (unpaired) electrons. The summed E-state index contributed by atoms with van der Waals surface area (Å²) in [5.41, 5.74) is 5.29. The van der Waals surface area contributed by atoms with Crippen molar-refractivity contribution in [1.82, 2.24) is 24.8 Å². The number of nitrogens with one attached hydrogen (secondary N) is 1. The van der Waals surface area contributed by atoms with Crippen molar-refractivity contribution in [2.75, 3.05) is 53.4 Å². The molecule has 0 unspecified atom stereocenters. The maximum absolute atomic E-state index is 13.9. The van der Waals surface area contributed by atoms with Gasteiger partial charge in [0, 0.05) is 49.6 Å². The molecule has 1 aliphatic heterocycles. The number of halogens is 1. The molecule has 1 N–H and O–H groups in total. The second-order valence-electron chi connectivity index (χ2n) is 10.4. The highest BCUT2D eigenvalue weighted by Crippen LogP contribution is 2.32. The first-order valence-corrected chi connectivity index (χ1v) is 12.8. The Bertz CT molecular complexity index is 1420. The van der Waals surface area contributed by atoms with E-state index in [0.717, 1.165) is 71.5 Å². The average molecular weight is 502 g/mol. The minimum atomic E-state index is -0.239. The molecule has 1 saturated heterocycles. The van der Waals surface area contributed by atoms with Gasteiger partial charge >= 0.3 is 0 Å². The normalized spacial score (nSPS) is 15.7. The van der Waals surface area contributed by atoms with E-state index >= 15 is 0 Å². The molecule has 0 bridgehead atoms. The van der Waals surface area contributed by atoms with E-state index in [1.165, 1.54) is 6.07 Å². The predicted octanol–water partition coefficient (Wildman–Crippen LogP) is 4.02. The number of carbonyl (C=O) groups is 1. The summed E-state index contributed by atoms with van der Waals surface area (Å²) in [4.78, 5) is 20.0. The number of nitrogens with zero attached hydrogens (tertiary/aromatic N) is 5. The van der Waals surface area contributed by atoms with Crippen molar-refractivity contribution in [2.45, 2.75) is 13.3 Å². The maximum Gasteiger partial charge on any atom is 0.255 e. The Morgan fingerprint density at radius 3 is 2.73 bits per heavy atom. The monoisotopic (exact) mass is 501 g/mol. The van der Waals surface area contributed by atoms with Gasteiger partial charge in [-0.2, -0.15) is 5.10 Å². The first-order valence-electron chi connectivity index (χ1n) is 12.8. The number of carbonyl (C=O) groups excluding carboxylic acids is 1. The van der Waals surface area contributed by atoms with Gasteiger partial charge < -0.3 is 9.80 Å². The van der Waals surface area contributed by atoms with Crippen LogP contribution >= 0.6 is 0 Å². The fraction of sp³-hybridized carbons (Fsp3) is 0.345. The molecule has 0 saturated carbocycles. The Hall–Kier alpha value is -3.62. The molecule has 1 amide bonds. The van der Waals surface area contributed by atoms with Crippen LogP contribution in [0.25, 0.3) is 27.9 Å². The molecule has 1 fully saturated rings. The number of aryl methyl sites for hydroxylation is 1. The Kier molecular flexibility index (Phi) is 7.04. The van der Waals surface area contributed by atoms with Crippen LogP contribution in [0.4, 0.5) is 4.39 Å². The zero-order chi connectivity index (χ0) is 26.0. The second kappa shape index (κ2) is 10.4. The number of quaternary nitrogens is 1. The largest absolute Gasteiger partial charge is 0.352 e. The molecule has 3 aromatic heterocycles. The summed E-state index contributed by atoms with van der Waals surface area (Å²) in [6.07, 6.45) is 6.15. The van der Waals surface area contributed by atoms with Gasteiger partial charge in [0.1, 0.15) is 5.82 Å². The Balaban J connectivity index is 1.33. The number of benzene rings is 1. The van der Waals surface area contributed by atoms with E-state index in [-0.39, 0.29) is 11.7 Å². The van der Waals surface area contributed by atoms with Gasteiger partial charge in [0.25, 0.3) is 5.91 Å². The zero-order valence-electron chi connectivity index (χ0n) is 21.7. The summed E-state index contributed by atoms with van der Waals surface area (Å²) in [7, 11) is 4.48. The molecule has 4 aromatic rings. The summed E-state index contributed by atoms with van der Waals surface area (Å²) < 4.78 is 16.6. The molecule has 8 heteroatoms. The molecule has 192 valence electrons. The van der Waals surface area contributed by atoms with Crippen LogP contribution in [0.2, 0.25) is 0 Å². The van der Waals surface area contributed by atoms with E-state index in [2.05, 4.69) is 34.4 Å². The highest BCUT2D eigenvalue weighted by molar-refractivity contribution is 6.01. The van der Waals surface area contributed by atoms with E-state index < -0.39 is 0 Å². The van der Waals surface area contributed by atoms with Gasteiger partial charge in [0.2, 0.25) is 0 Å². The van der Waals surface area contributed by atoms with Crippen molar-refractivity contribution in [1.29, 1.82) is 0 Å². The number of hydrogen-bond donors (Lipinski definition) is 1. The molecule has 1 aromatic carbocycles. The van der Waals surface area contributed by atoms with Gasteiger partial charge in [0.15, 0.2) is 0 Å². The lowest BCUT2D eigenvalue weighted by atomic mass is 9.98. The number of pyridine rings is 2. The molecule has 37 heavy (non-hydrogen) atoms. The van der Waals surface area contributed by atoms with E-state index in [9.17, 15) is 9.18 Å². The molecular weight excluding hydrogens is 467 g/mol. The second-order valence-corrected chi connectivity index (χ2v) is 10.4. The minimum Gasteiger partial charge on any atom is -0.352 e. The first-order chi connectivity index (χ1) is 17.8. The molecule has 0 spiro atoms. The molecule has 1 aliphatic rings. The number of likely N-dealkylation sites (N-methyl/N-ethyl adjacent to an activating group) is 2. The number of aromatic nitrogens is 3. The van der Waals surface area contributed by atoms with Crippen LogP contribution in [-0.2, 0) is 0 Å². The number of fused-ring (bicyclic) bond motifs is 1. The predicted molar refractivity (Wildman–Crippen MR) is 144 cm³/mol. The summed E-state index contributed by atoms with van der Waals surface area (Å²) >= 11 is 0. The Labute approximate surface area is 217 Å². The summed E-state index contributed by atoms with van der Waals surface area (Å²) in [5.74, 6) is -0.356. The van der Waals surface area contributed by atoms with E-state index in [4.69, 9.17) is 0 Å². The number of hydrogen-bond acceptors (Lipinski definition) is 4. The fourth-order valence-corrected chi connectivity index (χ4v) is 5.01. The van der Waals surface area contributed by atoms with Gasteiger partial charge in [-0.1, -0.05) is 6.07 Å². The van der Waals surface area contributed by atoms with E-state index in [1.807, 2.05) is 36.5 Å². The standard InChI is InChI=1S/C29H33FN6O/c1-21-18-23(7-8-26(21)30)28-24(6-4-10-31-28)22-9-12-35-27(19-22)25(20-33-35)29(37)32-11-5-15-36(3)16-13-34(2)14-17-36/h4,6-10,12,18-20H,5,11,13-17H2,1-3H3/p+1. The maximum atomic E-state index is 13.9. The van der Waals surface area contributed by atoms with Crippen molar-refractivity contribution in [3.8, 4) is 22.4 Å². The Morgan fingerprint density at radius 1 is 1.14 bits per heavy atom. The SMILES string of the molecule is Cc1cc(-c2ncccc2-c2ccn3ncc(C(=O)NCCC[N+]4(C)CCN(C)CC4)c3c2)ccc1F. The van der Waals surface area contributed by atoms with Crippen LogP contribution < -0.4 is 5.32 Å². The lowest BCUT2D eigenvalue weighted by Gasteiger charge is -2.41. The number of piperazine rings is 1. The van der Waals surface area contributed by atoms with Crippen LogP contribution in [0.1, 0.15) is 22.3 Å². The third-order valence-corrected chi connectivity index (χ3v) is 7.52. The molecule has 4 heterocycles. The van der Waals surface area contributed by atoms with Crippen LogP contribution in [0.3, 0.4) is 0 Å². The van der Waals surface area contributed by atoms with E-state index in [0.29, 0.717) is 17.7 Å². The van der Waals surface area contributed by atoms with Gasteiger partial charge in [-0.3, -0.25) is 14.7 Å². The average Bonchev–Trinajstić information content (AvgIpc) is 3.33. The van der Waals surface area contributed by atoms with Gasteiger partial charge in [0.05, 0.1) is 49.7 Å². The van der Waals surface area contributed by atoms with Crippen molar-refractivity contribution in [2.24, 2.45) is 0 Å². The molecule has 5 rings (SSSR count). The first kappa shape index (κ1) is 25.0. The number of rotatable bonds is 7. The molecular formula is C29H34FN6O+. The van der Waals surface area contributed by atoms with Crippen LogP contribution in [0, 0.1) is 12.7 Å². The third kappa shape index (κ3) is 5.40. The smallest absolute Gasteiger partial charge is 0.255 e. The lowest BCUT2D eigenvalue weighted by molar-refractivity contribution is -0.913. The highest BCUT2D eigenvalue weighted by Gasteiger charge is 2.26. The van der Waals surface area contributed by atoms with Gasteiger partial charge in [-0.15, -0.1) is 0 Å². The topological polar surface area (TPSA) is 62.5 Å². The van der Waals surface area contributed by atoms with Gasteiger partial charge in [-0.25, -0.2) is 8.91 Å². The van der Waals surface area contributed by atoms with Crippen molar-refractivity contribution >= 4 is 11.4 Å². The number of amides is 1. The molecule has 7 nitrogen and oxygen atoms in total. The highest BCUT2D eigenvalue weighted by atomic mass is 19.1. The van der Waals surface area contributed by atoms with E-state index in [1.54, 1.807) is 29.9 Å². The quantitative estimate of drug-likeness (QED) is 0.307. The summed E-state index contributed by atoms with van der Waals surface area (Å²) in [5, 5.41) is 7.48. The van der Waals surface area contributed by atoms with Crippen LogP contribution in [-0.4, -0.2) is 83.3 Å². The van der Waals surface area contributed by atoms with Crippen LogP contribution in [0.15, 0.2) is 61.1 Å². The third-order valence-electron chi connectivity index (χ3n) is 7.52. The Morgan fingerprint density at radius 2 is 1.95 bits per heavy atom. The zero-order valence-corrected chi connectivity index (χ0v) is 21.7. The van der Waals surface area contributed by atoms with Gasteiger partial charge in [-0.05, 0) is 61.5 Å². The van der Waals surface area contributed by atoms with Crippen LogP contribution in [0.5, 0.6) is 0 Å². The molecule has 0 aliphatic carbocycles. The molecule has 0 atom stereocenters.